The van der Waals surface area contributed by atoms with Gasteiger partial charge in [0.1, 0.15) is 0 Å². The summed E-state index contributed by atoms with van der Waals surface area (Å²) in [5.74, 6) is 0.761. The fraction of sp³-hybridized carbons (Fsp3) is 0.333. The van der Waals surface area contributed by atoms with E-state index in [2.05, 4.69) is 47.8 Å². The van der Waals surface area contributed by atoms with Gasteiger partial charge in [-0.1, -0.05) is 15.9 Å². The highest BCUT2D eigenvalue weighted by atomic mass is 79.9. The van der Waals surface area contributed by atoms with E-state index in [4.69, 9.17) is 9.47 Å². The molecule has 0 atom stereocenters. The summed E-state index contributed by atoms with van der Waals surface area (Å²) < 4.78 is 12.1. The predicted octanol–water partition coefficient (Wildman–Crippen LogP) is 4.09. The zero-order valence-electron chi connectivity index (χ0n) is 7.52. The fourth-order valence-electron chi connectivity index (χ4n) is 0.945. The molecule has 1 rings (SSSR count). The van der Waals surface area contributed by atoms with E-state index in [-0.39, 0.29) is 6.79 Å². The SMILES string of the molecule is COCOc1c(Br)cc(CBr)cc1Br. The van der Waals surface area contributed by atoms with Gasteiger partial charge in [0.15, 0.2) is 12.5 Å². The lowest BCUT2D eigenvalue weighted by Crippen LogP contribution is -2.00. The number of hydrogen-bond acceptors (Lipinski definition) is 2. The summed E-state index contributed by atoms with van der Waals surface area (Å²) in [5, 5.41) is 0.814. The molecular weight excluding hydrogens is 380 g/mol. The van der Waals surface area contributed by atoms with Crippen LogP contribution in [0.5, 0.6) is 5.75 Å². The number of ether oxygens (including phenoxy) is 2. The smallest absolute Gasteiger partial charge is 0.188 e. The van der Waals surface area contributed by atoms with E-state index in [1.807, 2.05) is 12.1 Å². The molecule has 14 heavy (non-hydrogen) atoms. The summed E-state index contributed by atoms with van der Waals surface area (Å²) in [6.07, 6.45) is 0. The fourth-order valence-corrected chi connectivity index (χ4v) is 2.78. The van der Waals surface area contributed by atoms with Crippen LogP contribution in [0, 0.1) is 0 Å². The maximum Gasteiger partial charge on any atom is 0.188 e. The molecule has 0 heterocycles. The van der Waals surface area contributed by atoms with Crippen molar-refractivity contribution in [1.29, 1.82) is 0 Å². The first-order chi connectivity index (χ1) is 6.69. The molecule has 0 aromatic heterocycles. The summed E-state index contributed by atoms with van der Waals surface area (Å²) >= 11 is 10.3. The third kappa shape index (κ3) is 3.22. The molecule has 0 saturated heterocycles. The van der Waals surface area contributed by atoms with Gasteiger partial charge in [0.25, 0.3) is 0 Å². The minimum atomic E-state index is 0.241. The van der Waals surface area contributed by atoms with E-state index in [9.17, 15) is 0 Å². The molecule has 0 aliphatic heterocycles. The molecule has 0 spiro atoms. The van der Waals surface area contributed by atoms with Crippen LogP contribution >= 0.6 is 47.8 Å². The van der Waals surface area contributed by atoms with Gasteiger partial charge >= 0.3 is 0 Å². The summed E-state index contributed by atoms with van der Waals surface area (Å²) in [7, 11) is 1.59. The average molecular weight is 389 g/mol. The van der Waals surface area contributed by atoms with Crippen LogP contribution in [0.1, 0.15) is 5.56 Å². The Balaban J connectivity index is 2.93. The summed E-state index contributed by atoms with van der Waals surface area (Å²) in [6, 6.07) is 4.01. The lowest BCUT2D eigenvalue weighted by Gasteiger charge is -2.10. The van der Waals surface area contributed by atoms with Crippen molar-refractivity contribution in [2.45, 2.75) is 5.33 Å². The Hall–Kier alpha value is 0.420. The summed E-state index contributed by atoms with van der Waals surface area (Å²) in [6.45, 7) is 0.241. The van der Waals surface area contributed by atoms with E-state index in [0.29, 0.717) is 0 Å². The van der Waals surface area contributed by atoms with Crippen molar-refractivity contribution >= 4 is 47.8 Å². The monoisotopic (exact) mass is 386 g/mol. The Kier molecular flexibility index (Phi) is 5.44. The van der Waals surface area contributed by atoms with Gasteiger partial charge in [-0.2, -0.15) is 0 Å². The van der Waals surface area contributed by atoms with Crippen LogP contribution in [0.2, 0.25) is 0 Å². The summed E-state index contributed by atoms with van der Waals surface area (Å²) in [5.41, 5.74) is 1.17. The molecule has 1 aromatic carbocycles. The Labute approximate surface area is 108 Å². The minimum Gasteiger partial charge on any atom is -0.465 e. The van der Waals surface area contributed by atoms with Gasteiger partial charge in [0.05, 0.1) is 8.95 Å². The molecule has 0 fully saturated rings. The highest BCUT2D eigenvalue weighted by molar-refractivity contribution is 9.11. The van der Waals surface area contributed by atoms with Crippen molar-refractivity contribution in [3.05, 3.63) is 26.6 Å². The molecule has 0 aliphatic carbocycles. The van der Waals surface area contributed by atoms with Gasteiger partial charge in [-0.25, -0.2) is 0 Å². The molecule has 0 aliphatic rings. The van der Waals surface area contributed by atoms with Crippen molar-refractivity contribution in [2.24, 2.45) is 0 Å². The Morgan fingerprint density at radius 2 is 1.79 bits per heavy atom. The third-order valence-corrected chi connectivity index (χ3v) is 3.36. The highest BCUT2D eigenvalue weighted by Crippen LogP contribution is 2.35. The second-order valence-corrected chi connectivity index (χ2v) is 4.84. The second kappa shape index (κ2) is 6.10. The van der Waals surface area contributed by atoms with E-state index < -0.39 is 0 Å². The van der Waals surface area contributed by atoms with E-state index in [1.54, 1.807) is 7.11 Å². The molecule has 0 saturated carbocycles. The van der Waals surface area contributed by atoms with E-state index in [0.717, 1.165) is 20.0 Å². The van der Waals surface area contributed by atoms with Crippen LogP contribution in [0.4, 0.5) is 0 Å². The zero-order chi connectivity index (χ0) is 10.6. The van der Waals surface area contributed by atoms with E-state index >= 15 is 0 Å². The molecule has 5 heteroatoms. The van der Waals surface area contributed by atoms with Gasteiger partial charge in [0, 0.05) is 12.4 Å². The first-order valence-corrected chi connectivity index (χ1v) is 6.55. The van der Waals surface area contributed by atoms with Gasteiger partial charge in [-0.3, -0.25) is 0 Å². The lowest BCUT2D eigenvalue weighted by molar-refractivity contribution is 0.0500. The van der Waals surface area contributed by atoms with Gasteiger partial charge in [0.2, 0.25) is 0 Å². The number of methoxy groups -OCH3 is 1. The maximum atomic E-state index is 5.38. The van der Waals surface area contributed by atoms with E-state index in [1.165, 1.54) is 5.56 Å². The van der Waals surface area contributed by atoms with Gasteiger partial charge < -0.3 is 9.47 Å². The van der Waals surface area contributed by atoms with Crippen LogP contribution in [0.25, 0.3) is 0 Å². The largest absolute Gasteiger partial charge is 0.465 e. The van der Waals surface area contributed by atoms with Gasteiger partial charge in [-0.05, 0) is 49.6 Å². The molecule has 2 nitrogen and oxygen atoms in total. The third-order valence-electron chi connectivity index (χ3n) is 1.53. The number of rotatable bonds is 4. The Morgan fingerprint density at radius 3 is 2.21 bits per heavy atom. The summed E-state index contributed by atoms with van der Waals surface area (Å²) in [4.78, 5) is 0. The van der Waals surface area contributed by atoms with Crippen LogP contribution in [0.15, 0.2) is 21.1 Å². The Bertz CT molecular complexity index is 292. The first-order valence-electron chi connectivity index (χ1n) is 3.84. The molecule has 0 N–H and O–H groups in total. The van der Waals surface area contributed by atoms with Gasteiger partial charge in [-0.15, -0.1) is 0 Å². The second-order valence-electron chi connectivity index (χ2n) is 2.57. The average Bonchev–Trinajstić information content (AvgIpc) is 2.16. The molecule has 1 aromatic rings. The van der Waals surface area contributed by atoms with Crippen molar-refractivity contribution in [3.8, 4) is 5.75 Å². The normalized spacial score (nSPS) is 10.3. The van der Waals surface area contributed by atoms with Crippen molar-refractivity contribution < 1.29 is 9.47 Å². The molecular formula is C9H9Br3O2. The van der Waals surface area contributed by atoms with Crippen LogP contribution in [-0.2, 0) is 10.1 Å². The van der Waals surface area contributed by atoms with Crippen LogP contribution in [0.3, 0.4) is 0 Å². The molecule has 78 valence electrons. The van der Waals surface area contributed by atoms with Crippen molar-refractivity contribution in [2.75, 3.05) is 13.9 Å². The van der Waals surface area contributed by atoms with Crippen molar-refractivity contribution in [1.82, 2.24) is 0 Å². The molecule has 0 radical (unpaired) electrons. The minimum absolute atomic E-state index is 0.241. The first kappa shape index (κ1) is 12.5. The van der Waals surface area contributed by atoms with Crippen molar-refractivity contribution in [3.63, 3.8) is 0 Å². The highest BCUT2D eigenvalue weighted by Gasteiger charge is 2.08. The molecule has 0 bridgehead atoms. The molecule has 0 unspecified atom stereocenters. The molecule has 0 amide bonds. The number of halogens is 3. The number of alkyl halides is 1. The maximum absolute atomic E-state index is 5.38. The number of hydrogen-bond donors (Lipinski definition) is 0. The Morgan fingerprint density at radius 1 is 1.21 bits per heavy atom. The standard InChI is InChI=1S/C9H9Br3O2/c1-13-5-14-9-7(11)2-6(4-10)3-8(9)12/h2-3H,4-5H2,1H3. The topological polar surface area (TPSA) is 18.5 Å². The zero-order valence-corrected chi connectivity index (χ0v) is 12.3. The number of benzene rings is 1. The van der Waals surface area contributed by atoms with Crippen LogP contribution < -0.4 is 4.74 Å². The quantitative estimate of drug-likeness (QED) is 0.571. The lowest BCUT2D eigenvalue weighted by atomic mass is 10.2. The predicted molar refractivity (Wildman–Crippen MR) is 67.0 cm³/mol. The van der Waals surface area contributed by atoms with Crippen LogP contribution in [-0.4, -0.2) is 13.9 Å².